The van der Waals surface area contributed by atoms with E-state index in [0.29, 0.717) is 16.5 Å². The van der Waals surface area contributed by atoms with E-state index in [0.717, 1.165) is 0 Å². The second-order valence-electron chi connectivity index (χ2n) is 3.98. The predicted molar refractivity (Wildman–Crippen MR) is 75.3 cm³/mol. The lowest BCUT2D eigenvalue weighted by Crippen LogP contribution is -2.25. The van der Waals surface area contributed by atoms with Crippen LogP contribution in [0.5, 0.6) is 0 Å². The first-order chi connectivity index (χ1) is 9.62. The number of fused-ring (bicyclic) bond motifs is 1. The van der Waals surface area contributed by atoms with Crippen LogP contribution in [0.15, 0.2) is 39.4 Å². The van der Waals surface area contributed by atoms with Gasteiger partial charge in [-0.3, -0.25) is 4.40 Å². The van der Waals surface area contributed by atoms with Crippen LogP contribution in [0.1, 0.15) is 5.76 Å². The fraction of sp³-hybridized carbons (Fsp3) is 0.182. The Morgan fingerprint density at radius 3 is 3.05 bits per heavy atom. The highest BCUT2D eigenvalue weighted by Gasteiger charge is 2.25. The Morgan fingerprint density at radius 1 is 1.50 bits per heavy atom. The zero-order valence-corrected chi connectivity index (χ0v) is 12.2. The van der Waals surface area contributed by atoms with E-state index in [4.69, 9.17) is 4.42 Å². The standard InChI is InChI=1S/C11H12N4O3S2/c1-12-9-10(15-4-6-19-11(15)14-9)20(16,17)13-7-8-3-2-5-18-8/h2-6,12-13H,7H2,1H3. The van der Waals surface area contributed by atoms with E-state index in [-0.39, 0.29) is 11.6 Å². The average molecular weight is 312 g/mol. The molecule has 0 aliphatic rings. The minimum atomic E-state index is -3.70. The van der Waals surface area contributed by atoms with E-state index in [9.17, 15) is 8.42 Å². The van der Waals surface area contributed by atoms with Gasteiger partial charge in [0.2, 0.25) is 0 Å². The Bertz CT molecular complexity index is 817. The minimum absolute atomic E-state index is 0.0931. The van der Waals surface area contributed by atoms with Gasteiger partial charge in [-0.15, -0.1) is 11.3 Å². The molecule has 3 aromatic rings. The summed E-state index contributed by atoms with van der Waals surface area (Å²) in [5.74, 6) is 0.870. The molecule has 0 aliphatic carbocycles. The zero-order chi connectivity index (χ0) is 14.2. The molecule has 0 saturated heterocycles. The van der Waals surface area contributed by atoms with Crippen molar-refractivity contribution in [1.82, 2.24) is 14.1 Å². The second kappa shape index (κ2) is 4.93. The number of hydrogen-bond donors (Lipinski definition) is 2. The fourth-order valence-electron chi connectivity index (χ4n) is 1.83. The van der Waals surface area contributed by atoms with E-state index >= 15 is 0 Å². The van der Waals surface area contributed by atoms with Crippen molar-refractivity contribution >= 4 is 32.1 Å². The Kier molecular flexibility index (Phi) is 3.24. The van der Waals surface area contributed by atoms with Crippen molar-refractivity contribution in [2.24, 2.45) is 0 Å². The van der Waals surface area contributed by atoms with Crippen molar-refractivity contribution in [3.8, 4) is 0 Å². The van der Waals surface area contributed by atoms with Crippen LogP contribution in [-0.2, 0) is 16.6 Å². The number of aromatic nitrogens is 2. The normalized spacial score (nSPS) is 12.1. The van der Waals surface area contributed by atoms with Crippen LogP contribution in [0.3, 0.4) is 0 Å². The van der Waals surface area contributed by atoms with Crippen molar-refractivity contribution in [1.29, 1.82) is 0 Å². The molecule has 0 spiro atoms. The molecule has 0 radical (unpaired) electrons. The lowest BCUT2D eigenvalue weighted by atomic mass is 10.5. The first kappa shape index (κ1) is 13.2. The molecule has 0 aromatic carbocycles. The van der Waals surface area contributed by atoms with E-state index in [1.54, 1.807) is 35.2 Å². The molecule has 20 heavy (non-hydrogen) atoms. The SMILES string of the molecule is CNc1nc2sccn2c1S(=O)(=O)NCc1ccco1. The Labute approximate surface area is 119 Å². The van der Waals surface area contributed by atoms with Gasteiger partial charge in [0, 0.05) is 18.6 Å². The van der Waals surface area contributed by atoms with Crippen LogP contribution in [0, 0.1) is 0 Å². The summed E-state index contributed by atoms with van der Waals surface area (Å²) >= 11 is 1.37. The average Bonchev–Trinajstić information content (AvgIpc) is 3.11. The highest BCUT2D eigenvalue weighted by Crippen LogP contribution is 2.25. The smallest absolute Gasteiger partial charge is 0.260 e. The van der Waals surface area contributed by atoms with E-state index in [2.05, 4.69) is 15.0 Å². The molecule has 0 fully saturated rings. The summed E-state index contributed by atoms with van der Waals surface area (Å²) in [6.45, 7) is 0.0931. The lowest BCUT2D eigenvalue weighted by molar-refractivity contribution is 0.498. The topological polar surface area (TPSA) is 88.6 Å². The molecule has 0 aliphatic heterocycles. The van der Waals surface area contributed by atoms with Gasteiger partial charge in [-0.2, -0.15) is 0 Å². The van der Waals surface area contributed by atoms with Crippen molar-refractivity contribution in [2.75, 3.05) is 12.4 Å². The summed E-state index contributed by atoms with van der Waals surface area (Å²) in [5.41, 5.74) is 0. The molecule has 0 amide bonds. The molecule has 7 nitrogen and oxygen atoms in total. The van der Waals surface area contributed by atoms with Gasteiger partial charge in [0.1, 0.15) is 5.76 Å². The number of anilines is 1. The first-order valence-electron chi connectivity index (χ1n) is 5.77. The summed E-state index contributed by atoms with van der Waals surface area (Å²) in [7, 11) is -2.06. The highest BCUT2D eigenvalue weighted by atomic mass is 32.2. The lowest BCUT2D eigenvalue weighted by Gasteiger charge is -2.06. The molecule has 0 bridgehead atoms. The molecule has 106 valence electrons. The van der Waals surface area contributed by atoms with Crippen LogP contribution in [-0.4, -0.2) is 24.9 Å². The Hall–Kier alpha value is -1.84. The zero-order valence-electron chi connectivity index (χ0n) is 10.5. The van der Waals surface area contributed by atoms with Gasteiger partial charge in [-0.25, -0.2) is 18.1 Å². The summed E-state index contributed by atoms with van der Waals surface area (Å²) in [4.78, 5) is 4.85. The molecule has 9 heteroatoms. The largest absolute Gasteiger partial charge is 0.468 e. The minimum Gasteiger partial charge on any atom is -0.468 e. The number of nitrogens with one attached hydrogen (secondary N) is 2. The van der Waals surface area contributed by atoms with E-state index in [1.165, 1.54) is 17.6 Å². The third-order valence-electron chi connectivity index (χ3n) is 2.73. The summed E-state index contributed by atoms with van der Waals surface area (Å²) in [6.07, 6.45) is 3.17. The second-order valence-corrected chi connectivity index (χ2v) is 6.53. The molecule has 3 aromatic heterocycles. The monoisotopic (exact) mass is 312 g/mol. The molecule has 3 rings (SSSR count). The predicted octanol–water partition coefficient (Wildman–Crippen LogP) is 1.51. The first-order valence-corrected chi connectivity index (χ1v) is 8.13. The molecule has 0 unspecified atom stereocenters. The van der Waals surface area contributed by atoms with Crippen LogP contribution < -0.4 is 10.0 Å². The molecule has 3 heterocycles. The number of imidazole rings is 1. The van der Waals surface area contributed by atoms with Gasteiger partial charge in [0.15, 0.2) is 15.8 Å². The van der Waals surface area contributed by atoms with Gasteiger partial charge in [0.25, 0.3) is 10.0 Å². The van der Waals surface area contributed by atoms with Crippen molar-refractivity contribution in [3.63, 3.8) is 0 Å². The van der Waals surface area contributed by atoms with Crippen molar-refractivity contribution < 1.29 is 12.8 Å². The van der Waals surface area contributed by atoms with E-state index in [1.807, 2.05) is 0 Å². The molecule has 2 N–H and O–H groups in total. The molecular weight excluding hydrogens is 300 g/mol. The number of hydrogen-bond acceptors (Lipinski definition) is 6. The fourth-order valence-corrected chi connectivity index (χ4v) is 3.88. The molecular formula is C11H12N4O3S2. The maximum Gasteiger partial charge on any atom is 0.260 e. The number of rotatable bonds is 5. The van der Waals surface area contributed by atoms with Crippen LogP contribution in [0.25, 0.3) is 4.96 Å². The number of nitrogens with zero attached hydrogens (tertiary/aromatic N) is 2. The number of furan rings is 1. The van der Waals surface area contributed by atoms with Crippen LogP contribution in [0.2, 0.25) is 0 Å². The Morgan fingerprint density at radius 2 is 2.35 bits per heavy atom. The molecule has 0 saturated carbocycles. The maximum absolute atomic E-state index is 12.4. The molecule has 0 atom stereocenters. The number of sulfonamides is 1. The van der Waals surface area contributed by atoms with Gasteiger partial charge in [-0.05, 0) is 12.1 Å². The van der Waals surface area contributed by atoms with Crippen molar-refractivity contribution in [3.05, 3.63) is 35.7 Å². The van der Waals surface area contributed by atoms with Gasteiger partial charge in [-0.1, -0.05) is 0 Å². The summed E-state index contributed by atoms with van der Waals surface area (Å²) in [6, 6.07) is 3.41. The third kappa shape index (κ3) is 2.19. The number of thiazole rings is 1. The Balaban J connectivity index is 1.97. The van der Waals surface area contributed by atoms with Crippen molar-refractivity contribution in [2.45, 2.75) is 11.6 Å². The van der Waals surface area contributed by atoms with Crippen LogP contribution >= 0.6 is 11.3 Å². The quantitative estimate of drug-likeness (QED) is 0.745. The van der Waals surface area contributed by atoms with Gasteiger partial charge in [0.05, 0.1) is 12.8 Å². The highest BCUT2D eigenvalue weighted by molar-refractivity contribution is 7.89. The van der Waals surface area contributed by atoms with Crippen LogP contribution in [0.4, 0.5) is 5.82 Å². The van der Waals surface area contributed by atoms with Gasteiger partial charge >= 0.3 is 0 Å². The van der Waals surface area contributed by atoms with E-state index < -0.39 is 10.0 Å². The van der Waals surface area contributed by atoms with Gasteiger partial charge < -0.3 is 9.73 Å². The third-order valence-corrected chi connectivity index (χ3v) is 4.91. The summed E-state index contributed by atoms with van der Waals surface area (Å²) < 4.78 is 34.0. The summed E-state index contributed by atoms with van der Waals surface area (Å²) in [5, 5.41) is 4.69. The maximum atomic E-state index is 12.4.